The molecule has 3 aliphatic rings. The Balaban J connectivity index is 1.23. The van der Waals surface area contributed by atoms with Crippen LogP contribution in [-0.4, -0.2) is 142 Å². The number of amides is 4. The van der Waals surface area contributed by atoms with E-state index in [0.717, 1.165) is 45.3 Å². The van der Waals surface area contributed by atoms with E-state index in [2.05, 4.69) is 60.1 Å². The number of phenols is 1. The number of hydrogen-bond acceptors (Lipinski definition) is 12. The van der Waals surface area contributed by atoms with E-state index in [0.29, 0.717) is 36.9 Å². The Bertz CT molecular complexity index is 2750. The Morgan fingerprint density at radius 3 is 2.42 bits per heavy atom. The predicted molar refractivity (Wildman–Crippen MR) is 276 cm³/mol. The van der Waals surface area contributed by atoms with Crippen LogP contribution in [0.15, 0.2) is 54.9 Å². The Morgan fingerprint density at radius 2 is 1.76 bits per heavy atom. The number of aryl methyl sites for hydroxylation is 2. The normalized spacial score (nSPS) is 22.1. The maximum absolute atomic E-state index is 14.8. The molecule has 0 spiro atoms. The highest BCUT2D eigenvalue weighted by Gasteiger charge is 2.65. The standard InChI is InChI=1S/C54H72N8O9S/c1-13-34-19-20-55-28-40(34)47-39-27-54(9,10)30-71-52(69)41-16-15-21-61(57-41)50(67)42(24-33-22-36(25-37(64)23-33)35-17-18-43(38(39)26-35)60(47)14-2)56-49(66)45(31(3)4)59(12)44(65)29-58(11)51(68)48-46(32(5)63)62(48)72(70)53(6,7)8/h17-20,22-23,25-26,28,31,41-42,45-46,48,57,64H,13-16,21,24,27,29-30H2,1-12H3,(H,56,66)/t41-,42-,45-,46+,48+,62?,72+/m0/s1. The van der Waals surface area contributed by atoms with Gasteiger partial charge in [-0.2, -0.15) is 0 Å². The van der Waals surface area contributed by atoms with Gasteiger partial charge in [0.2, 0.25) is 17.7 Å². The monoisotopic (exact) mass is 1010 g/mol. The van der Waals surface area contributed by atoms with Crippen molar-refractivity contribution in [1.29, 1.82) is 0 Å². The van der Waals surface area contributed by atoms with Gasteiger partial charge in [0.15, 0.2) is 11.8 Å². The van der Waals surface area contributed by atoms with E-state index in [1.807, 2.05) is 30.6 Å². The van der Waals surface area contributed by atoms with Gasteiger partial charge in [-0.1, -0.05) is 51.1 Å². The number of ether oxygens (including phenoxy) is 1. The maximum Gasteiger partial charge on any atom is 0.324 e. The van der Waals surface area contributed by atoms with Crippen LogP contribution in [0.3, 0.4) is 0 Å². The van der Waals surface area contributed by atoms with Crippen molar-refractivity contribution in [2.24, 2.45) is 11.3 Å². The van der Waals surface area contributed by atoms with Gasteiger partial charge in [0, 0.05) is 79.2 Å². The molecule has 72 heavy (non-hydrogen) atoms. The van der Waals surface area contributed by atoms with Crippen LogP contribution in [-0.2, 0) is 70.7 Å². The third kappa shape index (κ3) is 11.2. The number of nitrogens with zero attached hydrogens (tertiary/aromatic N) is 6. The summed E-state index contributed by atoms with van der Waals surface area (Å²) in [5, 5.41) is 16.7. The highest BCUT2D eigenvalue weighted by molar-refractivity contribution is 7.90. The Morgan fingerprint density at radius 1 is 1.04 bits per heavy atom. The molecule has 2 saturated heterocycles. The number of Topliss-reactive ketones (excluding diaryl/α,β-unsaturated/α-hetero) is 1. The topological polar surface area (TPSA) is 210 Å². The number of aromatic nitrogens is 2. The van der Waals surface area contributed by atoms with Crippen molar-refractivity contribution < 1.29 is 43.2 Å². The Labute approximate surface area is 426 Å². The van der Waals surface area contributed by atoms with Crippen molar-refractivity contribution in [1.82, 2.24) is 39.4 Å². The molecule has 17 nitrogen and oxygen atoms in total. The fourth-order valence-corrected chi connectivity index (χ4v) is 11.8. The van der Waals surface area contributed by atoms with Gasteiger partial charge in [0.1, 0.15) is 34.7 Å². The first-order valence-electron chi connectivity index (χ1n) is 25.0. The van der Waals surface area contributed by atoms with Gasteiger partial charge < -0.3 is 34.1 Å². The van der Waals surface area contributed by atoms with E-state index >= 15 is 0 Å². The molecule has 2 aromatic heterocycles. The number of ketones is 1. The SMILES string of the molecule is CCc1ccncc1-c1c2c3cc(ccc3n1CC)-c1cc(O)cc(c1)C[C@H](NC(=O)[C@H](C(C)C)N(C)C(=O)CN(C)C(=O)[C@H]1[C@@H](C(C)=O)N1[S@+]([O-])C(C)(C)C)C(=O)N1CCC[C@H](N1)C(=O)OCC(C)(C)C2. The molecule has 5 heterocycles. The summed E-state index contributed by atoms with van der Waals surface area (Å²) in [5.41, 5.74) is 9.97. The first-order valence-corrected chi connectivity index (χ1v) is 26.2. The Kier molecular flexibility index (Phi) is 16.0. The minimum absolute atomic E-state index is 0.0396. The number of fused-ring (bicyclic) bond motifs is 6. The summed E-state index contributed by atoms with van der Waals surface area (Å²) >= 11 is -1.65. The number of rotatable bonds is 12. The molecule has 0 aliphatic carbocycles. The van der Waals surface area contributed by atoms with Gasteiger partial charge >= 0.3 is 5.97 Å². The number of benzene rings is 2. The number of carbonyl (C=O) groups excluding carboxylic acids is 6. The number of hydrazine groups is 1. The average Bonchev–Trinajstić information content (AvgIpc) is 4.01. The van der Waals surface area contributed by atoms with E-state index in [4.69, 9.17) is 4.74 Å². The van der Waals surface area contributed by atoms with Crippen LogP contribution in [0, 0.1) is 11.3 Å². The quantitative estimate of drug-likeness (QED) is 0.0933. The van der Waals surface area contributed by atoms with Gasteiger partial charge in [-0.15, -0.1) is 0 Å². The molecule has 0 saturated carbocycles. The number of pyridine rings is 1. The molecular weight excluding hydrogens is 937 g/mol. The van der Waals surface area contributed by atoms with Crippen LogP contribution >= 0.6 is 0 Å². The molecule has 7 rings (SSSR count). The third-order valence-electron chi connectivity index (χ3n) is 14.0. The first kappa shape index (κ1) is 54.0. The van der Waals surface area contributed by atoms with Gasteiger partial charge in [0.25, 0.3) is 5.91 Å². The molecule has 4 amide bonds. The highest BCUT2D eigenvalue weighted by Crippen LogP contribution is 2.42. The molecule has 1 unspecified atom stereocenters. The zero-order valence-electron chi connectivity index (χ0n) is 43.8. The minimum atomic E-state index is -1.65. The minimum Gasteiger partial charge on any atom is -0.597 e. The fraction of sp³-hybridized carbons (Fsp3) is 0.537. The maximum atomic E-state index is 14.8. The lowest BCUT2D eigenvalue weighted by Gasteiger charge is -2.37. The molecule has 4 aromatic rings. The largest absolute Gasteiger partial charge is 0.597 e. The summed E-state index contributed by atoms with van der Waals surface area (Å²) in [6.45, 7) is 19.1. The van der Waals surface area contributed by atoms with Crippen molar-refractivity contribution in [3.8, 4) is 28.1 Å². The van der Waals surface area contributed by atoms with E-state index in [1.54, 1.807) is 46.8 Å². The number of aromatic hydroxyl groups is 1. The van der Waals surface area contributed by atoms with Crippen molar-refractivity contribution >= 4 is 57.6 Å². The van der Waals surface area contributed by atoms with Crippen molar-refractivity contribution in [3.63, 3.8) is 0 Å². The molecule has 18 heteroatoms. The number of cyclic esters (lactones) is 1. The number of nitrogens with one attached hydrogen (secondary N) is 2. The molecule has 7 atom stereocenters. The summed E-state index contributed by atoms with van der Waals surface area (Å²) in [5.74, 6) is -3.61. The third-order valence-corrected chi connectivity index (χ3v) is 15.9. The molecule has 3 N–H and O–H groups in total. The van der Waals surface area contributed by atoms with Gasteiger partial charge in [0.05, 0.1) is 18.8 Å². The van der Waals surface area contributed by atoms with Crippen LogP contribution in [0.1, 0.15) is 98.8 Å². The van der Waals surface area contributed by atoms with Gasteiger partial charge in [-0.25, -0.2) is 5.43 Å². The highest BCUT2D eigenvalue weighted by atomic mass is 32.2. The first-order chi connectivity index (χ1) is 33.9. The average molecular weight is 1010 g/mol. The van der Waals surface area contributed by atoms with E-state index in [-0.39, 0.29) is 31.1 Å². The lowest BCUT2D eigenvalue weighted by Crippen LogP contribution is -2.62. The second-order valence-electron chi connectivity index (χ2n) is 21.7. The van der Waals surface area contributed by atoms with Crippen LogP contribution in [0.5, 0.6) is 5.75 Å². The van der Waals surface area contributed by atoms with Gasteiger partial charge in [-0.05, 0) is 124 Å². The summed E-state index contributed by atoms with van der Waals surface area (Å²) < 4.78 is 22.3. The molecule has 388 valence electrons. The molecule has 2 fully saturated rings. The molecule has 3 aliphatic heterocycles. The summed E-state index contributed by atoms with van der Waals surface area (Å²) in [6, 6.07) is 8.33. The smallest absolute Gasteiger partial charge is 0.324 e. The number of likely N-dealkylation sites (N-methyl/N-ethyl adjacent to an activating group) is 2. The van der Waals surface area contributed by atoms with Crippen LogP contribution in [0.25, 0.3) is 33.3 Å². The van der Waals surface area contributed by atoms with Crippen LogP contribution in [0.2, 0.25) is 0 Å². The lowest BCUT2D eigenvalue weighted by molar-refractivity contribution is -0.155. The predicted octanol–water partition coefficient (Wildman–Crippen LogP) is 5.35. The number of hydrogen-bond donors (Lipinski definition) is 3. The van der Waals surface area contributed by atoms with Gasteiger partial charge in [-0.3, -0.25) is 38.8 Å². The van der Waals surface area contributed by atoms with Crippen molar-refractivity contribution in [3.05, 3.63) is 71.5 Å². The molecule has 2 aromatic carbocycles. The van der Waals surface area contributed by atoms with E-state index in [1.165, 1.54) is 40.1 Å². The van der Waals surface area contributed by atoms with E-state index < -0.39 is 93.8 Å². The molecule has 6 bridgehead atoms. The van der Waals surface area contributed by atoms with Crippen LogP contribution in [0.4, 0.5) is 0 Å². The number of phenolic OH excluding ortho intramolecular Hbond substituents is 1. The zero-order valence-corrected chi connectivity index (χ0v) is 44.6. The fourth-order valence-electron chi connectivity index (χ4n) is 10.3. The Hall–Kier alpha value is -5.82. The van der Waals surface area contributed by atoms with E-state index in [9.17, 15) is 38.4 Å². The second-order valence-corrected chi connectivity index (χ2v) is 23.9. The lowest BCUT2D eigenvalue weighted by atomic mass is 9.84. The summed E-state index contributed by atoms with van der Waals surface area (Å²) in [7, 11) is 2.88. The molecular formula is C54H72N8O9S. The zero-order chi connectivity index (χ0) is 52.7. The van der Waals surface area contributed by atoms with Crippen molar-refractivity contribution in [2.75, 3.05) is 33.8 Å². The summed E-state index contributed by atoms with van der Waals surface area (Å²) in [4.78, 5) is 90.5. The van der Waals surface area contributed by atoms with Crippen LogP contribution < -0.4 is 10.7 Å². The summed E-state index contributed by atoms with van der Waals surface area (Å²) in [6.07, 6.45) is 5.91. The number of esters is 1. The number of carbonyl (C=O) groups is 6. The second kappa shape index (κ2) is 21.3. The molecule has 0 radical (unpaired) electrons. The van der Waals surface area contributed by atoms with Crippen molar-refractivity contribution in [2.45, 2.75) is 143 Å².